The van der Waals surface area contributed by atoms with Crippen LogP contribution in [-0.4, -0.2) is 42.7 Å². The summed E-state index contributed by atoms with van der Waals surface area (Å²) in [6.45, 7) is 2.03. The van der Waals surface area contributed by atoms with E-state index in [9.17, 15) is 0 Å². The lowest BCUT2D eigenvalue weighted by molar-refractivity contribution is 0.0939. The molecule has 0 spiro atoms. The van der Waals surface area contributed by atoms with Crippen LogP contribution in [0, 0.1) is 5.92 Å². The van der Waals surface area contributed by atoms with Gasteiger partial charge in [-0.05, 0) is 58.0 Å². The van der Waals surface area contributed by atoms with Crippen molar-refractivity contribution in [3.05, 3.63) is 0 Å². The SMILES string of the molecule is CN1C2CCC1CC(CN)(NCC1CC1)C2. The van der Waals surface area contributed by atoms with Crippen LogP contribution < -0.4 is 11.1 Å². The van der Waals surface area contributed by atoms with Crippen molar-refractivity contribution < 1.29 is 0 Å². The first-order chi connectivity index (χ1) is 7.72. The quantitative estimate of drug-likeness (QED) is 0.745. The summed E-state index contributed by atoms with van der Waals surface area (Å²) >= 11 is 0. The number of nitrogens with one attached hydrogen (secondary N) is 1. The highest BCUT2D eigenvalue weighted by Crippen LogP contribution is 2.40. The van der Waals surface area contributed by atoms with Gasteiger partial charge in [-0.25, -0.2) is 0 Å². The molecule has 16 heavy (non-hydrogen) atoms. The Bertz CT molecular complexity index is 248. The highest BCUT2D eigenvalue weighted by molar-refractivity contribution is 5.06. The number of hydrogen-bond donors (Lipinski definition) is 2. The van der Waals surface area contributed by atoms with Crippen molar-refractivity contribution >= 4 is 0 Å². The summed E-state index contributed by atoms with van der Waals surface area (Å²) < 4.78 is 0. The first-order valence-corrected chi connectivity index (χ1v) is 6.89. The number of fused-ring (bicyclic) bond motifs is 2. The fourth-order valence-electron chi connectivity index (χ4n) is 3.63. The monoisotopic (exact) mass is 223 g/mol. The minimum absolute atomic E-state index is 0.265. The smallest absolute Gasteiger partial charge is 0.0333 e. The van der Waals surface area contributed by atoms with Gasteiger partial charge in [0.2, 0.25) is 0 Å². The van der Waals surface area contributed by atoms with Gasteiger partial charge in [0.05, 0.1) is 0 Å². The number of nitrogens with zero attached hydrogens (tertiary/aromatic N) is 1. The van der Waals surface area contributed by atoms with Crippen LogP contribution >= 0.6 is 0 Å². The standard InChI is InChI=1S/C13H25N3/c1-16-11-4-5-12(16)7-13(6-11,9-14)15-8-10-2-3-10/h10-12,15H,2-9,14H2,1H3. The molecule has 0 amide bonds. The van der Waals surface area contributed by atoms with E-state index in [1.165, 1.54) is 45.1 Å². The lowest BCUT2D eigenvalue weighted by Gasteiger charge is -2.45. The molecule has 0 aromatic rings. The highest BCUT2D eigenvalue weighted by Gasteiger charge is 2.46. The lowest BCUT2D eigenvalue weighted by atomic mass is 9.83. The molecule has 92 valence electrons. The van der Waals surface area contributed by atoms with Crippen molar-refractivity contribution in [2.45, 2.75) is 56.1 Å². The lowest BCUT2D eigenvalue weighted by Crippen LogP contribution is -2.60. The van der Waals surface area contributed by atoms with E-state index in [0.29, 0.717) is 0 Å². The predicted octanol–water partition coefficient (Wildman–Crippen LogP) is 0.940. The average Bonchev–Trinajstić information content (AvgIpc) is 3.09. The second-order valence-electron chi connectivity index (χ2n) is 6.27. The largest absolute Gasteiger partial charge is 0.329 e. The van der Waals surface area contributed by atoms with E-state index < -0.39 is 0 Å². The predicted molar refractivity (Wildman–Crippen MR) is 66.3 cm³/mol. The van der Waals surface area contributed by atoms with Gasteiger partial charge in [-0.2, -0.15) is 0 Å². The molecule has 3 heteroatoms. The molecule has 1 saturated carbocycles. The first-order valence-electron chi connectivity index (χ1n) is 6.89. The number of nitrogens with two attached hydrogens (primary N) is 1. The first kappa shape index (κ1) is 11.0. The third-order valence-corrected chi connectivity index (χ3v) is 5.09. The summed E-state index contributed by atoms with van der Waals surface area (Å²) in [5.41, 5.74) is 6.33. The van der Waals surface area contributed by atoms with E-state index in [0.717, 1.165) is 24.5 Å². The van der Waals surface area contributed by atoms with Gasteiger partial charge in [-0.3, -0.25) is 0 Å². The van der Waals surface area contributed by atoms with Crippen LogP contribution in [0.25, 0.3) is 0 Å². The van der Waals surface area contributed by atoms with Gasteiger partial charge in [0.1, 0.15) is 0 Å². The van der Waals surface area contributed by atoms with Crippen LogP contribution in [0.4, 0.5) is 0 Å². The molecule has 2 heterocycles. The van der Waals surface area contributed by atoms with Crippen molar-refractivity contribution in [1.29, 1.82) is 0 Å². The van der Waals surface area contributed by atoms with Crippen LogP contribution in [0.5, 0.6) is 0 Å². The summed E-state index contributed by atoms with van der Waals surface area (Å²) in [6.07, 6.45) is 8.16. The minimum Gasteiger partial charge on any atom is -0.329 e. The molecule has 2 bridgehead atoms. The average molecular weight is 223 g/mol. The molecule has 2 unspecified atom stereocenters. The van der Waals surface area contributed by atoms with Gasteiger partial charge in [0.25, 0.3) is 0 Å². The Hall–Kier alpha value is -0.120. The number of rotatable bonds is 4. The Morgan fingerprint density at radius 3 is 2.31 bits per heavy atom. The van der Waals surface area contributed by atoms with Gasteiger partial charge >= 0.3 is 0 Å². The fraction of sp³-hybridized carbons (Fsp3) is 1.00. The van der Waals surface area contributed by atoms with Gasteiger partial charge in [0, 0.05) is 24.2 Å². The van der Waals surface area contributed by atoms with Crippen LogP contribution in [-0.2, 0) is 0 Å². The van der Waals surface area contributed by atoms with Crippen molar-refractivity contribution in [3.8, 4) is 0 Å². The second kappa shape index (κ2) is 3.97. The van der Waals surface area contributed by atoms with E-state index in [4.69, 9.17) is 5.73 Å². The molecule has 3 rings (SSSR count). The van der Waals surface area contributed by atoms with E-state index in [2.05, 4.69) is 17.3 Å². The van der Waals surface area contributed by atoms with Crippen LogP contribution in [0.2, 0.25) is 0 Å². The molecule has 3 fully saturated rings. The summed E-state index contributed by atoms with van der Waals surface area (Å²) in [5.74, 6) is 0.959. The Morgan fingerprint density at radius 2 is 1.81 bits per heavy atom. The van der Waals surface area contributed by atoms with E-state index in [-0.39, 0.29) is 5.54 Å². The van der Waals surface area contributed by atoms with E-state index in [1.54, 1.807) is 0 Å². The van der Waals surface area contributed by atoms with Crippen LogP contribution in [0.1, 0.15) is 38.5 Å². The molecule has 3 N–H and O–H groups in total. The number of hydrogen-bond acceptors (Lipinski definition) is 3. The Labute approximate surface area is 98.8 Å². The van der Waals surface area contributed by atoms with E-state index >= 15 is 0 Å². The van der Waals surface area contributed by atoms with Gasteiger partial charge in [-0.15, -0.1) is 0 Å². The van der Waals surface area contributed by atoms with Crippen molar-refractivity contribution in [2.24, 2.45) is 11.7 Å². The third-order valence-electron chi connectivity index (χ3n) is 5.09. The molecule has 3 nitrogen and oxygen atoms in total. The maximum absolute atomic E-state index is 6.06. The molecular formula is C13H25N3. The van der Waals surface area contributed by atoms with Crippen molar-refractivity contribution in [2.75, 3.05) is 20.1 Å². The van der Waals surface area contributed by atoms with Crippen LogP contribution in [0.15, 0.2) is 0 Å². The Balaban J connectivity index is 1.65. The van der Waals surface area contributed by atoms with E-state index in [1.807, 2.05) is 0 Å². The molecule has 0 aromatic heterocycles. The summed E-state index contributed by atoms with van der Waals surface area (Å²) in [4.78, 5) is 2.59. The maximum Gasteiger partial charge on any atom is 0.0333 e. The van der Waals surface area contributed by atoms with Crippen molar-refractivity contribution in [1.82, 2.24) is 10.2 Å². The van der Waals surface area contributed by atoms with Gasteiger partial charge in [0.15, 0.2) is 0 Å². The third kappa shape index (κ3) is 1.89. The highest BCUT2D eigenvalue weighted by atomic mass is 15.2. The minimum atomic E-state index is 0.265. The normalized spacial score (nSPS) is 43.9. The zero-order valence-corrected chi connectivity index (χ0v) is 10.4. The molecular weight excluding hydrogens is 198 g/mol. The van der Waals surface area contributed by atoms with Crippen LogP contribution in [0.3, 0.4) is 0 Å². The van der Waals surface area contributed by atoms with Gasteiger partial charge < -0.3 is 16.0 Å². The summed E-state index contributed by atoms with van der Waals surface area (Å²) in [5, 5.41) is 3.82. The molecule has 2 saturated heterocycles. The second-order valence-corrected chi connectivity index (χ2v) is 6.27. The summed E-state index contributed by atoms with van der Waals surface area (Å²) in [7, 11) is 2.30. The molecule has 0 aromatic carbocycles. The fourth-order valence-corrected chi connectivity index (χ4v) is 3.63. The zero-order valence-electron chi connectivity index (χ0n) is 10.4. The molecule has 1 aliphatic carbocycles. The topological polar surface area (TPSA) is 41.3 Å². The number of piperidine rings is 1. The Kier molecular flexibility index (Phi) is 2.73. The molecule has 0 radical (unpaired) electrons. The molecule has 3 aliphatic rings. The zero-order chi connectivity index (χ0) is 11.2. The summed E-state index contributed by atoms with van der Waals surface area (Å²) in [6, 6.07) is 1.57. The Morgan fingerprint density at radius 1 is 1.19 bits per heavy atom. The molecule has 2 atom stereocenters. The molecule has 2 aliphatic heterocycles. The maximum atomic E-state index is 6.06. The van der Waals surface area contributed by atoms with Crippen molar-refractivity contribution in [3.63, 3.8) is 0 Å². The van der Waals surface area contributed by atoms with Gasteiger partial charge in [-0.1, -0.05) is 0 Å².